The summed E-state index contributed by atoms with van der Waals surface area (Å²) in [6.45, 7) is 4.72. The lowest BCUT2D eigenvalue weighted by Gasteiger charge is -2.37. The monoisotopic (exact) mass is 345 g/mol. The largest absolute Gasteiger partial charge is 0.351 e. The number of aromatic nitrogens is 3. The quantitative estimate of drug-likeness (QED) is 0.870. The molecule has 2 atom stereocenters. The Kier molecular flexibility index (Phi) is 4.37. The van der Waals surface area contributed by atoms with E-state index < -0.39 is 0 Å². The van der Waals surface area contributed by atoms with Crippen molar-refractivity contribution in [2.75, 3.05) is 13.1 Å². The zero-order valence-corrected chi connectivity index (χ0v) is 14.7. The van der Waals surface area contributed by atoms with Crippen LogP contribution in [-0.4, -0.2) is 45.1 Å². The van der Waals surface area contributed by atoms with Crippen LogP contribution in [-0.2, 0) is 11.3 Å². The Morgan fingerprint density at radius 1 is 1.46 bits per heavy atom. The fourth-order valence-electron chi connectivity index (χ4n) is 3.43. The normalized spacial score (nSPS) is 24.9. The molecule has 2 N–H and O–H groups in total. The van der Waals surface area contributed by atoms with Crippen LogP contribution in [0.3, 0.4) is 0 Å². The topological polar surface area (TPSA) is 73.9 Å². The molecule has 4 rings (SSSR count). The van der Waals surface area contributed by atoms with E-state index in [0.717, 1.165) is 50.5 Å². The first-order chi connectivity index (χ1) is 11.7. The molecule has 2 aliphatic rings. The summed E-state index contributed by atoms with van der Waals surface area (Å²) in [6, 6.07) is 2.26. The van der Waals surface area contributed by atoms with E-state index >= 15 is 0 Å². The van der Waals surface area contributed by atoms with Gasteiger partial charge in [0.05, 0.1) is 6.04 Å². The summed E-state index contributed by atoms with van der Waals surface area (Å²) in [7, 11) is 0. The molecule has 2 aromatic rings. The molecule has 7 heteroatoms. The molecule has 1 saturated carbocycles. The number of hydrogen-bond donors (Lipinski definition) is 2. The Bertz CT molecular complexity index is 694. The minimum atomic E-state index is 0.0840. The minimum Gasteiger partial charge on any atom is -0.351 e. The Morgan fingerprint density at radius 2 is 2.33 bits per heavy atom. The maximum absolute atomic E-state index is 12.3. The predicted molar refractivity (Wildman–Crippen MR) is 92.7 cm³/mol. The molecule has 0 aromatic carbocycles. The van der Waals surface area contributed by atoms with Crippen molar-refractivity contribution < 1.29 is 4.79 Å². The Morgan fingerprint density at radius 3 is 3.00 bits per heavy atom. The number of carbonyl (C=O) groups excluding carboxylic acids is 1. The summed E-state index contributed by atoms with van der Waals surface area (Å²) in [5.41, 5.74) is 1.35. The van der Waals surface area contributed by atoms with E-state index in [0.29, 0.717) is 0 Å². The molecule has 0 spiro atoms. The predicted octanol–water partition coefficient (Wildman–Crippen LogP) is 2.06. The van der Waals surface area contributed by atoms with Crippen LogP contribution in [0.2, 0.25) is 0 Å². The summed E-state index contributed by atoms with van der Waals surface area (Å²) in [6.07, 6.45) is 3.03. The molecular formula is C17H23N5OS. The van der Waals surface area contributed by atoms with Crippen molar-refractivity contribution in [2.45, 2.75) is 44.7 Å². The van der Waals surface area contributed by atoms with Gasteiger partial charge in [-0.05, 0) is 55.1 Å². The van der Waals surface area contributed by atoms with Crippen LogP contribution in [0.4, 0.5) is 0 Å². The molecule has 1 aliphatic carbocycles. The summed E-state index contributed by atoms with van der Waals surface area (Å²) < 4.78 is 0. The number of H-pyrrole nitrogens is 1. The van der Waals surface area contributed by atoms with E-state index in [-0.39, 0.29) is 23.8 Å². The van der Waals surface area contributed by atoms with Crippen molar-refractivity contribution in [3.05, 3.63) is 34.0 Å². The van der Waals surface area contributed by atoms with E-state index in [1.54, 1.807) is 11.3 Å². The van der Waals surface area contributed by atoms with E-state index in [2.05, 4.69) is 42.2 Å². The van der Waals surface area contributed by atoms with Gasteiger partial charge in [0.2, 0.25) is 5.91 Å². The Balaban J connectivity index is 1.48. The van der Waals surface area contributed by atoms with Crippen molar-refractivity contribution in [1.29, 1.82) is 0 Å². The lowest BCUT2D eigenvalue weighted by molar-refractivity contribution is -0.123. The molecule has 0 bridgehead atoms. The SMILES string of the molecule is Cc1nc([C@H]2CCN(Cc3ccsc3)C[C@H]2NC(=O)C2CC2)n[nH]1. The maximum atomic E-state index is 12.3. The van der Waals surface area contributed by atoms with Gasteiger partial charge < -0.3 is 5.32 Å². The molecular weight excluding hydrogens is 322 g/mol. The van der Waals surface area contributed by atoms with Gasteiger partial charge in [-0.25, -0.2) is 4.98 Å². The van der Waals surface area contributed by atoms with Crippen LogP contribution in [0.5, 0.6) is 0 Å². The van der Waals surface area contributed by atoms with Gasteiger partial charge in [0, 0.05) is 24.9 Å². The number of nitrogens with zero attached hydrogens (tertiary/aromatic N) is 3. The minimum absolute atomic E-state index is 0.0840. The molecule has 6 nitrogen and oxygen atoms in total. The van der Waals surface area contributed by atoms with E-state index in [4.69, 9.17) is 0 Å². The zero-order valence-electron chi connectivity index (χ0n) is 13.9. The molecule has 0 radical (unpaired) electrons. The standard InChI is InChI=1S/C17H23N5OS/c1-11-18-16(21-20-11)14-4-6-22(8-12-5-7-24-10-12)9-15(14)19-17(23)13-2-3-13/h5,7,10,13-15H,2-4,6,8-9H2,1H3,(H,19,23)(H,18,20,21)/t14-,15+/m0/s1. The van der Waals surface area contributed by atoms with E-state index in [9.17, 15) is 4.79 Å². The first-order valence-corrected chi connectivity index (χ1v) is 9.56. The number of nitrogens with one attached hydrogen (secondary N) is 2. The second kappa shape index (κ2) is 6.64. The highest BCUT2D eigenvalue weighted by molar-refractivity contribution is 7.07. The number of thiophene rings is 1. The van der Waals surface area contributed by atoms with Gasteiger partial charge in [-0.1, -0.05) is 0 Å². The molecule has 2 fully saturated rings. The van der Waals surface area contributed by atoms with Crippen LogP contribution in [0.25, 0.3) is 0 Å². The molecule has 1 aliphatic heterocycles. The number of likely N-dealkylation sites (tertiary alicyclic amines) is 1. The van der Waals surface area contributed by atoms with Crippen molar-refractivity contribution in [1.82, 2.24) is 25.4 Å². The van der Waals surface area contributed by atoms with Gasteiger partial charge in [-0.15, -0.1) is 0 Å². The van der Waals surface area contributed by atoms with E-state index in [1.165, 1.54) is 5.56 Å². The second-order valence-corrected chi connectivity index (χ2v) is 7.71. The van der Waals surface area contributed by atoms with Gasteiger partial charge >= 0.3 is 0 Å². The summed E-state index contributed by atoms with van der Waals surface area (Å²) in [5, 5.41) is 14.9. The van der Waals surface area contributed by atoms with Crippen LogP contribution >= 0.6 is 11.3 Å². The molecule has 1 saturated heterocycles. The van der Waals surface area contributed by atoms with Crippen molar-refractivity contribution >= 4 is 17.2 Å². The number of aromatic amines is 1. The fourth-order valence-corrected chi connectivity index (χ4v) is 4.09. The Labute approximate surface area is 145 Å². The fraction of sp³-hybridized carbons (Fsp3) is 0.588. The van der Waals surface area contributed by atoms with Gasteiger partial charge in [-0.3, -0.25) is 14.8 Å². The number of carbonyl (C=O) groups is 1. The van der Waals surface area contributed by atoms with Gasteiger partial charge in [-0.2, -0.15) is 16.4 Å². The smallest absolute Gasteiger partial charge is 0.223 e. The van der Waals surface area contributed by atoms with Gasteiger partial charge in [0.15, 0.2) is 5.82 Å². The van der Waals surface area contributed by atoms with Crippen LogP contribution < -0.4 is 5.32 Å². The zero-order chi connectivity index (χ0) is 16.5. The number of piperidine rings is 1. The highest BCUT2D eigenvalue weighted by Crippen LogP contribution is 2.31. The number of rotatable bonds is 5. The van der Waals surface area contributed by atoms with Crippen LogP contribution in [0.15, 0.2) is 16.8 Å². The maximum Gasteiger partial charge on any atom is 0.223 e. The van der Waals surface area contributed by atoms with E-state index in [1.807, 2.05) is 6.92 Å². The Hall–Kier alpha value is -1.73. The molecule has 2 aromatic heterocycles. The van der Waals surface area contributed by atoms with Gasteiger partial charge in [0.25, 0.3) is 0 Å². The average molecular weight is 345 g/mol. The number of aryl methyl sites for hydroxylation is 1. The summed E-state index contributed by atoms with van der Waals surface area (Å²) in [4.78, 5) is 19.2. The number of amides is 1. The third-order valence-corrected chi connectivity index (χ3v) is 5.64. The highest BCUT2D eigenvalue weighted by atomic mass is 32.1. The van der Waals surface area contributed by atoms with Crippen LogP contribution in [0.1, 0.15) is 42.4 Å². The molecule has 128 valence electrons. The summed E-state index contributed by atoms with van der Waals surface area (Å²) in [5.74, 6) is 2.29. The third-order valence-electron chi connectivity index (χ3n) is 4.91. The highest BCUT2D eigenvalue weighted by Gasteiger charge is 2.37. The lowest BCUT2D eigenvalue weighted by atomic mass is 9.90. The van der Waals surface area contributed by atoms with Crippen molar-refractivity contribution in [3.8, 4) is 0 Å². The third kappa shape index (κ3) is 3.52. The van der Waals surface area contributed by atoms with Crippen LogP contribution in [0, 0.1) is 12.8 Å². The van der Waals surface area contributed by atoms with Gasteiger partial charge in [0.1, 0.15) is 5.82 Å². The lowest BCUT2D eigenvalue weighted by Crippen LogP contribution is -2.52. The van der Waals surface area contributed by atoms with Crippen molar-refractivity contribution in [3.63, 3.8) is 0 Å². The first-order valence-electron chi connectivity index (χ1n) is 8.62. The molecule has 3 heterocycles. The molecule has 0 unspecified atom stereocenters. The summed E-state index contributed by atoms with van der Waals surface area (Å²) >= 11 is 1.73. The molecule has 24 heavy (non-hydrogen) atoms. The molecule has 1 amide bonds. The number of hydrogen-bond acceptors (Lipinski definition) is 5. The first kappa shape index (κ1) is 15.8. The van der Waals surface area contributed by atoms with Crippen molar-refractivity contribution in [2.24, 2.45) is 5.92 Å². The second-order valence-electron chi connectivity index (χ2n) is 6.93. The average Bonchev–Trinajstić information content (AvgIpc) is 3.15.